The number of guanidine groups is 1. The second kappa shape index (κ2) is 8.10. The largest absolute Gasteiger partial charge is 0.497 e. The first kappa shape index (κ1) is 17.5. The topological polar surface area (TPSA) is 72.1 Å². The van der Waals surface area contributed by atoms with Crippen LogP contribution in [0, 0.1) is 0 Å². The molecule has 2 aromatic carbocycles. The summed E-state index contributed by atoms with van der Waals surface area (Å²) in [5.41, 5.74) is 8.92. The molecular formula is C18H24N4O2. The zero-order valence-electron chi connectivity index (χ0n) is 14.5. The van der Waals surface area contributed by atoms with Crippen LogP contribution in [0.1, 0.15) is 5.56 Å². The van der Waals surface area contributed by atoms with Gasteiger partial charge in [0.2, 0.25) is 0 Å². The van der Waals surface area contributed by atoms with E-state index < -0.39 is 0 Å². The molecule has 0 bridgehead atoms. The van der Waals surface area contributed by atoms with Gasteiger partial charge in [0.1, 0.15) is 11.5 Å². The molecule has 0 aliphatic rings. The first-order chi connectivity index (χ1) is 11.5. The molecule has 0 fully saturated rings. The molecule has 0 aromatic heterocycles. The molecule has 0 saturated heterocycles. The Labute approximate surface area is 142 Å². The monoisotopic (exact) mass is 328 g/mol. The van der Waals surface area contributed by atoms with E-state index >= 15 is 0 Å². The fourth-order valence-corrected chi connectivity index (χ4v) is 2.17. The third-order valence-electron chi connectivity index (χ3n) is 3.55. The van der Waals surface area contributed by atoms with E-state index in [0.717, 1.165) is 11.3 Å². The summed E-state index contributed by atoms with van der Waals surface area (Å²) in [6.45, 7) is 0.499. The Balaban J connectivity index is 2.06. The minimum Gasteiger partial charge on any atom is -0.497 e. The van der Waals surface area contributed by atoms with Crippen molar-refractivity contribution in [3.63, 3.8) is 0 Å². The van der Waals surface area contributed by atoms with Crippen molar-refractivity contribution < 1.29 is 9.47 Å². The SMILES string of the molecule is COc1ccc(OC)c(NC(N)=NCc2ccc(N(C)C)cc2)c1. The van der Waals surface area contributed by atoms with Crippen LogP contribution >= 0.6 is 0 Å². The summed E-state index contributed by atoms with van der Waals surface area (Å²) in [6.07, 6.45) is 0. The van der Waals surface area contributed by atoms with E-state index in [2.05, 4.69) is 27.3 Å². The van der Waals surface area contributed by atoms with Gasteiger partial charge in [-0.1, -0.05) is 12.1 Å². The summed E-state index contributed by atoms with van der Waals surface area (Å²) < 4.78 is 10.5. The van der Waals surface area contributed by atoms with E-state index in [1.54, 1.807) is 14.2 Å². The number of nitrogens with two attached hydrogens (primary N) is 1. The molecule has 24 heavy (non-hydrogen) atoms. The fraction of sp³-hybridized carbons (Fsp3) is 0.278. The molecule has 0 amide bonds. The zero-order chi connectivity index (χ0) is 17.5. The fourth-order valence-electron chi connectivity index (χ4n) is 2.17. The number of ether oxygens (including phenoxy) is 2. The van der Waals surface area contributed by atoms with Crippen molar-refractivity contribution in [2.45, 2.75) is 6.54 Å². The number of hydrogen-bond donors (Lipinski definition) is 2. The van der Waals surface area contributed by atoms with E-state index in [1.807, 2.05) is 44.4 Å². The Kier molecular flexibility index (Phi) is 5.89. The minimum absolute atomic E-state index is 0.318. The average molecular weight is 328 g/mol. The summed E-state index contributed by atoms with van der Waals surface area (Å²) in [5, 5.41) is 3.05. The average Bonchev–Trinajstić information content (AvgIpc) is 2.60. The Morgan fingerprint density at radius 2 is 1.79 bits per heavy atom. The predicted octanol–water partition coefficient (Wildman–Crippen LogP) is 2.70. The molecular weight excluding hydrogens is 304 g/mol. The smallest absolute Gasteiger partial charge is 0.193 e. The molecule has 0 aliphatic carbocycles. The number of nitrogens with zero attached hydrogens (tertiary/aromatic N) is 2. The summed E-state index contributed by atoms with van der Waals surface area (Å²) in [5.74, 6) is 1.70. The number of nitrogens with one attached hydrogen (secondary N) is 1. The number of methoxy groups -OCH3 is 2. The Morgan fingerprint density at radius 1 is 1.08 bits per heavy atom. The highest BCUT2D eigenvalue weighted by Gasteiger charge is 2.06. The quantitative estimate of drug-likeness (QED) is 0.630. The Morgan fingerprint density at radius 3 is 2.38 bits per heavy atom. The van der Waals surface area contributed by atoms with Gasteiger partial charge in [-0.15, -0.1) is 0 Å². The summed E-state index contributed by atoms with van der Waals surface area (Å²) in [6, 6.07) is 13.6. The highest BCUT2D eigenvalue weighted by atomic mass is 16.5. The lowest BCUT2D eigenvalue weighted by Crippen LogP contribution is -2.23. The van der Waals surface area contributed by atoms with E-state index in [0.29, 0.717) is 29.7 Å². The second-order valence-electron chi connectivity index (χ2n) is 5.45. The number of hydrogen-bond acceptors (Lipinski definition) is 4. The zero-order valence-corrected chi connectivity index (χ0v) is 14.5. The maximum absolute atomic E-state index is 5.98. The van der Waals surface area contributed by atoms with E-state index in [4.69, 9.17) is 15.2 Å². The maximum Gasteiger partial charge on any atom is 0.193 e. The van der Waals surface area contributed by atoms with Crippen LogP contribution in [-0.2, 0) is 6.54 Å². The maximum atomic E-state index is 5.98. The van der Waals surface area contributed by atoms with Gasteiger partial charge in [0.25, 0.3) is 0 Å². The van der Waals surface area contributed by atoms with Gasteiger partial charge in [0.05, 0.1) is 26.5 Å². The molecule has 2 aromatic rings. The first-order valence-corrected chi connectivity index (χ1v) is 7.58. The van der Waals surface area contributed by atoms with Crippen LogP contribution in [0.4, 0.5) is 11.4 Å². The van der Waals surface area contributed by atoms with Gasteiger partial charge in [-0.05, 0) is 29.8 Å². The first-order valence-electron chi connectivity index (χ1n) is 7.58. The molecule has 6 heteroatoms. The molecule has 0 spiro atoms. The lowest BCUT2D eigenvalue weighted by atomic mass is 10.2. The number of rotatable bonds is 6. The highest BCUT2D eigenvalue weighted by molar-refractivity contribution is 5.94. The van der Waals surface area contributed by atoms with Crippen molar-refractivity contribution in [3.8, 4) is 11.5 Å². The van der Waals surface area contributed by atoms with Gasteiger partial charge in [0, 0.05) is 25.8 Å². The van der Waals surface area contributed by atoms with Crippen molar-refractivity contribution in [2.24, 2.45) is 10.7 Å². The van der Waals surface area contributed by atoms with Gasteiger partial charge in [-0.25, -0.2) is 4.99 Å². The molecule has 128 valence electrons. The van der Waals surface area contributed by atoms with Crippen LogP contribution in [0.15, 0.2) is 47.5 Å². The van der Waals surface area contributed by atoms with Crippen LogP contribution in [0.5, 0.6) is 11.5 Å². The normalized spacial score (nSPS) is 11.1. The van der Waals surface area contributed by atoms with Gasteiger partial charge >= 0.3 is 0 Å². The van der Waals surface area contributed by atoms with Crippen molar-refractivity contribution in [1.82, 2.24) is 0 Å². The van der Waals surface area contributed by atoms with Crippen molar-refractivity contribution >= 4 is 17.3 Å². The molecule has 0 atom stereocenters. The molecule has 0 aliphatic heterocycles. The molecule has 0 radical (unpaired) electrons. The number of anilines is 2. The van der Waals surface area contributed by atoms with Gasteiger partial charge in [-0.2, -0.15) is 0 Å². The van der Waals surface area contributed by atoms with E-state index in [9.17, 15) is 0 Å². The molecule has 2 rings (SSSR count). The van der Waals surface area contributed by atoms with E-state index in [1.165, 1.54) is 0 Å². The van der Waals surface area contributed by atoms with Gasteiger partial charge in [-0.3, -0.25) is 0 Å². The van der Waals surface area contributed by atoms with Crippen LogP contribution in [0.2, 0.25) is 0 Å². The van der Waals surface area contributed by atoms with E-state index in [-0.39, 0.29) is 0 Å². The molecule has 0 unspecified atom stereocenters. The van der Waals surface area contributed by atoms with Gasteiger partial charge < -0.3 is 25.4 Å². The summed E-state index contributed by atoms with van der Waals surface area (Å²) >= 11 is 0. The third kappa shape index (κ3) is 4.55. The van der Waals surface area contributed by atoms with Crippen molar-refractivity contribution in [3.05, 3.63) is 48.0 Å². The standard InChI is InChI=1S/C18H24N4O2/c1-22(2)14-7-5-13(6-8-14)12-20-18(19)21-16-11-15(23-3)9-10-17(16)24-4/h5-11H,12H2,1-4H3,(H3,19,20,21). The molecule has 0 heterocycles. The van der Waals surface area contributed by atoms with Crippen LogP contribution in [-0.4, -0.2) is 34.3 Å². The summed E-state index contributed by atoms with van der Waals surface area (Å²) in [7, 11) is 7.24. The summed E-state index contributed by atoms with van der Waals surface area (Å²) in [4.78, 5) is 6.42. The lowest BCUT2D eigenvalue weighted by Gasteiger charge is -2.13. The molecule has 3 N–H and O–H groups in total. The molecule has 0 saturated carbocycles. The Hall–Kier alpha value is -2.89. The van der Waals surface area contributed by atoms with Crippen LogP contribution in [0.25, 0.3) is 0 Å². The van der Waals surface area contributed by atoms with Crippen molar-refractivity contribution in [2.75, 3.05) is 38.5 Å². The van der Waals surface area contributed by atoms with Crippen LogP contribution < -0.4 is 25.4 Å². The minimum atomic E-state index is 0.318. The number of aliphatic imine (C=N–C) groups is 1. The third-order valence-corrected chi connectivity index (χ3v) is 3.55. The number of benzene rings is 2. The van der Waals surface area contributed by atoms with Gasteiger partial charge in [0.15, 0.2) is 5.96 Å². The van der Waals surface area contributed by atoms with Crippen molar-refractivity contribution in [1.29, 1.82) is 0 Å². The second-order valence-corrected chi connectivity index (χ2v) is 5.45. The Bertz CT molecular complexity index is 697. The highest BCUT2D eigenvalue weighted by Crippen LogP contribution is 2.28. The van der Waals surface area contributed by atoms with Crippen LogP contribution in [0.3, 0.4) is 0 Å². The predicted molar refractivity (Wildman–Crippen MR) is 99.3 cm³/mol. The molecule has 6 nitrogen and oxygen atoms in total. The lowest BCUT2D eigenvalue weighted by molar-refractivity contribution is 0.405.